The molecule has 1 fully saturated rings. The monoisotopic (exact) mass is 283 g/mol. The van der Waals surface area contributed by atoms with Gasteiger partial charge in [0.15, 0.2) is 0 Å². The van der Waals surface area contributed by atoms with Gasteiger partial charge in [0.1, 0.15) is 0 Å². The Labute approximate surface area is 114 Å². The average Bonchev–Trinajstić information content (AvgIpc) is 3.03. The minimum atomic E-state index is 0.294. The minimum absolute atomic E-state index is 0.294. The zero-order valence-electron chi connectivity index (χ0n) is 9.40. The Hall–Kier alpha value is -1.46. The molecule has 0 amide bonds. The molecule has 0 atom stereocenters. The van der Waals surface area contributed by atoms with E-state index in [-0.39, 0.29) is 0 Å². The topological polar surface area (TPSA) is 68.8 Å². The lowest BCUT2D eigenvalue weighted by Gasteiger charge is -2.05. The Kier molecular flexibility index (Phi) is 2.80. The van der Waals surface area contributed by atoms with Crippen LogP contribution in [0.2, 0.25) is 10.0 Å². The van der Waals surface area contributed by atoms with E-state index in [2.05, 4.69) is 15.4 Å². The van der Waals surface area contributed by atoms with Gasteiger partial charge in [-0.1, -0.05) is 23.2 Å². The molecular weight excluding hydrogens is 273 g/mol. The Balaban J connectivity index is 1.96. The largest absolute Gasteiger partial charge is 0.368 e. The maximum Gasteiger partial charge on any atom is 0.244 e. The molecule has 7 heteroatoms. The predicted octanol–water partition coefficient (Wildman–Crippen LogP) is 2.73. The fourth-order valence-electron chi connectivity index (χ4n) is 1.63. The van der Waals surface area contributed by atoms with Crippen LogP contribution in [-0.2, 0) is 0 Å². The lowest BCUT2D eigenvalue weighted by atomic mass is 10.3. The number of aromatic nitrogens is 3. The highest BCUT2D eigenvalue weighted by Crippen LogP contribution is 2.27. The van der Waals surface area contributed by atoms with Crippen molar-refractivity contribution >= 4 is 35.1 Å². The highest BCUT2D eigenvalue weighted by Gasteiger charge is 2.23. The van der Waals surface area contributed by atoms with Crippen LogP contribution < -0.4 is 11.1 Å². The van der Waals surface area contributed by atoms with E-state index in [4.69, 9.17) is 28.9 Å². The van der Waals surface area contributed by atoms with E-state index in [0.29, 0.717) is 33.7 Å². The summed E-state index contributed by atoms with van der Waals surface area (Å²) in [6.07, 6.45) is 2.30. The second-order valence-corrected chi connectivity index (χ2v) is 5.06. The molecule has 94 valence electrons. The van der Waals surface area contributed by atoms with Crippen LogP contribution in [-0.4, -0.2) is 20.8 Å². The van der Waals surface area contributed by atoms with Crippen molar-refractivity contribution in [3.63, 3.8) is 0 Å². The van der Waals surface area contributed by atoms with Gasteiger partial charge in [0.05, 0.1) is 10.7 Å². The number of nitrogens with zero attached hydrogens (tertiary/aromatic N) is 3. The molecule has 1 aromatic carbocycles. The van der Waals surface area contributed by atoms with Gasteiger partial charge in [-0.15, -0.1) is 5.10 Å². The third-order valence-electron chi connectivity index (χ3n) is 2.68. The fourth-order valence-corrected chi connectivity index (χ4v) is 2.11. The van der Waals surface area contributed by atoms with Crippen LogP contribution in [0.15, 0.2) is 18.2 Å². The number of halogens is 2. The van der Waals surface area contributed by atoms with Crippen molar-refractivity contribution in [2.75, 3.05) is 11.1 Å². The van der Waals surface area contributed by atoms with E-state index in [9.17, 15) is 0 Å². The van der Waals surface area contributed by atoms with Gasteiger partial charge in [0.25, 0.3) is 0 Å². The molecule has 0 aliphatic heterocycles. The molecule has 0 unspecified atom stereocenters. The molecule has 2 aromatic rings. The molecule has 0 saturated heterocycles. The number of hydrogen-bond donors (Lipinski definition) is 2. The molecule has 1 saturated carbocycles. The van der Waals surface area contributed by atoms with E-state index in [0.717, 1.165) is 12.8 Å². The quantitative estimate of drug-likeness (QED) is 0.909. The number of rotatable bonds is 3. The summed E-state index contributed by atoms with van der Waals surface area (Å²) in [5.41, 5.74) is 6.50. The summed E-state index contributed by atoms with van der Waals surface area (Å²) in [6, 6.07) is 5.61. The van der Waals surface area contributed by atoms with Gasteiger partial charge in [-0.25, -0.2) is 0 Å². The SMILES string of the molecule is Nc1nc(NC2CC2)nn1-c1ccc(Cl)cc1Cl. The molecule has 0 spiro atoms. The van der Waals surface area contributed by atoms with Crippen molar-refractivity contribution in [2.24, 2.45) is 0 Å². The van der Waals surface area contributed by atoms with Crippen molar-refractivity contribution in [1.82, 2.24) is 14.8 Å². The number of nitrogens with two attached hydrogens (primary N) is 1. The summed E-state index contributed by atoms with van der Waals surface area (Å²) >= 11 is 12.0. The second kappa shape index (κ2) is 4.33. The summed E-state index contributed by atoms with van der Waals surface area (Å²) < 4.78 is 1.50. The van der Waals surface area contributed by atoms with Crippen molar-refractivity contribution in [2.45, 2.75) is 18.9 Å². The minimum Gasteiger partial charge on any atom is -0.368 e. The standard InChI is InChI=1S/C11H11Cl2N5/c12-6-1-4-9(8(13)5-6)18-10(14)16-11(17-18)15-7-2-3-7/h1,4-5,7H,2-3H2,(H3,14,15,16,17). The van der Waals surface area contributed by atoms with Gasteiger partial charge >= 0.3 is 0 Å². The zero-order valence-corrected chi connectivity index (χ0v) is 10.9. The first-order chi connectivity index (χ1) is 8.63. The van der Waals surface area contributed by atoms with Crippen LogP contribution in [0.25, 0.3) is 5.69 Å². The van der Waals surface area contributed by atoms with Gasteiger partial charge in [-0.05, 0) is 31.0 Å². The van der Waals surface area contributed by atoms with Crippen molar-refractivity contribution in [3.05, 3.63) is 28.2 Å². The Morgan fingerprint density at radius 1 is 1.33 bits per heavy atom. The Morgan fingerprint density at radius 3 is 2.78 bits per heavy atom. The Bertz CT molecular complexity index is 591. The highest BCUT2D eigenvalue weighted by molar-refractivity contribution is 6.35. The molecule has 1 heterocycles. The summed E-state index contributed by atoms with van der Waals surface area (Å²) in [5, 5.41) is 8.53. The fraction of sp³-hybridized carbons (Fsp3) is 0.273. The van der Waals surface area contributed by atoms with E-state index >= 15 is 0 Å². The van der Waals surface area contributed by atoms with E-state index in [1.54, 1.807) is 18.2 Å². The summed E-state index contributed by atoms with van der Waals surface area (Å²) in [7, 11) is 0. The average molecular weight is 284 g/mol. The summed E-state index contributed by atoms with van der Waals surface area (Å²) in [4.78, 5) is 4.16. The molecule has 18 heavy (non-hydrogen) atoms. The maximum atomic E-state index is 6.11. The molecule has 3 N–H and O–H groups in total. The first-order valence-electron chi connectivity index (χ1n) is 5.58. The van der Waals surface area contributed by atoms with Crippen LogP contribution in [0.3, 0.4) is 0 Å². The molecule has 1 aliphatic rings. The molecule has 1 aliphatic carbocycles. The molecule has 0 radical (unpaired) electrons. The van der Waals surface area contributed by atoms with E-state index < -0.39 is 0 Å². The third kappa shape index (κ3) is 2.23. The summed E-state index contributed by atoms with van der Waals surface area (Å²) in [5.74, 6) is 0.823. The van der Waals surface area contributed by atoms with Gasteiger partial charge in [-0.2, -0.15) is 9.67 Å². The number of benzene rings is 1. The lowest BCUT2D eigenvalue weighted by molar-refractivity contribution is 0.887. The van der Waals surface area contributed by atoms with Crippen LogP contribution >= 0.6 is 23.2 Å². The van der Waals surface area contributed by atoms with Crippen LogP contribution in [0.5, 0.6) is 0 Å². The van der Waals surface area contributed by atoms with Gasteiger partial charge in [-0.3, -0.25) is 0 Å². The molecular formula is C11H11Cl2N5. The zero-order chi connectivity index (χ0) is 12.7. The maximum absolute atomic E-state index is 6.11. The van der Waals surface area contributed by atoms with Gasteiger partial charge < -0.3 is 11.1 Å². The third-order valence-corrected chi connectivity index (χ3v) is 3.22. The molecule has 3 rings (SSSR count). The van der Waals surface area contributed by atoms with E-state index in [1.807, 2.05) is 0 Å². The summed E-state index contributed by atoms with van der Waals surface area (Å²) in [6.45, 7) is 0. The van der Waals surface area contributed by atoms with Crippen molar-refractivity contribution in [3.8, 4) is 5.69 Å². The normalized spacial score (nSPS) is 14.8. The smallest absolute Gasteiger partial charge is 0.244 e. The molecule has 0 bridgehead atoms. The number of hydrogen-bond acceptors (Lipinski definition) is 4. The van der Waals surface area contributed by atoms with Gasteiger partial charge in [0, 0.05) is 11.1 Å². The van der Waals surface area contributed by atoms with E-state index in [1.165, 1.54) is 4.68 Å². The number of nitrogen functional groups attached to an aromatic ring is 1. The predicted molar refractivity (Wildman–Crippen MR) is 72.4 cm³/mol. The Morgan fingerprint density at radius 2 is 2.11 bits per heavy atom. The van der Waals surface area contributed by atoms with Crippen LogP contribution in [0, 0.1) is 0 Å². The second-order valence-electron chi connectivity index (χ2n) is 4.22. The van der Waals surface area contributed by atoms with Gasteiger partial charge in [0.2, 0.25) is 11.9 Å². The first kappa shape index (κ1) is 11.6. The lowest BCUT2D eigenvalue weighted by Crippen LogP contribution is -2.04. The highest BCUT2D eigenvalue weighted by atomic mass is 35.5. The van der Waals surface area contributed by atoms with Crippen LogP contribution in [0.4, 0.5) is 11.9 Å². The first-order valence-corrected chi connectivity index (χ1v) is 6.33. The molecule has 1 aromatic heterocycles. The molecule has 5 nitrogen and oxygen atoms in total. The van der Waals surface area contributed by atoms with Crippen molar-refractivity contribution in [1.29, 1.82) is 0 Å². The van der Waals surface area contributed by atoms with Crippen molar-refractivity contribution < 1.29 is 0 Å². The number of anilines is 2. The van der Waals surface area contributed by atoms with Crippen LogP contribution in [0.1, 0.15) is 12.8 Å². The number of nitrogens with one attached hydrogen (secondary N) is 1.